The first-order chi connectivity index (χ1) is 14.2. The number of anilines is 2. The molecular weight excluding hydrogens is 366 g/mol. The normalized spacial score (nSPS) is 14.6. The molecule has 156 valence electrons. The third kappa shape index (κ3) is 6.48. The van der Waals surface area contributed by atoms with E-state index in [-0.39, 0.29) is 5.91 Å². The summed E-state index contributed by atoms with van der Waals surface area (Å²) in [6.45, 7) is 8.47. The number of amides is 1. The van der Waals surface area contributed by atoms with Gasteiger partial charge in [-0.15, -0.1) is 0 Å². The highest BCUT2D eigenvalue weighted by Gasteiger charge is 2.16. The first-order valence-electron chi connectivity index (χ1n) is 10.3. The number of hydrogen-bond donors (Lipinski definition) is 1. The Bertz CT molecular complexity index is 754. The number of hydrogen-bond acceptors (Lipinski definition) is 5. The second-order valence-corrected chi connectivity index (χ2v) is 7.17. The summed E-state index contributed by atoms with van der Waals surface area (Å²) in [5, 5.41) is 2.98. The molecule has 0 aromatic heterocycles. The fourth-order valence-electron chi connectivity index (χ4n) is 3.47. The van der Waals surface area contributed by atoms with Gasteiger partial charge in [0.2, 0.25) is 5.91 Å². The number of methoxy groups -OCH3 is 1. The van der Waals surface area contributed by atoms with E-state index in [0.29, 0.717) is 13.0 Å². The molecule has 6 heteroatoms. The van der Waals surface area contributed by atoms with Crippen LogP contribution in [0.4, 0.5) is 11.4 Å². The Kier molecular flexibility index (Phi) is 7.90. The van der Waals surface area contributed by atoms with Crippen LogP contribution in [-0.4, -0.2) is 63.9 Å². The summed E-state index contributed by atoms with van der Waals surface area (Å²) in [6, 6.07) is 15.8. The zero-order valence-electron chi connectivity index (χ0n) is 17.4. The van der Waals surface area contributed by atoms with Crippen molar-refractivity contribution < 1.29 is 14.3 Å². The van der Waals surface area contributed by atoms with Crippen LogP contribution in [0.15, 0.2) is 48.5 Å². The van der Waals surface area contributed by atoms with Gasteiger partial charge in [0.25, 0.3) is 0 Å². The van der Waals surface area contributed by atoms with Gasteiger partial charge >= 0.3 is 0 Å². The van der Waals surface area contributed by atoms with Gasteiger partial charge in [0.1, 0.15) is 5.75 Å². The Hall–Kier alpha value is -2.57. The van der Waals surface area contributed by atoms with Crippen LogP contribution >= 0.6 is 0 Å². The van der Waals surface area contributed by atoms with Crippen molar-refractivity contribution in [3.63, 3.8) is 0 Å². The Morgan fingerprint density at radius 3 is 2.31 bits per heavy atom. The molecule has 1 amide bonds. The first kappa shape index (κ1) is 21.1. The second kappa shape index (κ2) is 10.8. The number of ether oxygens (including phenoxy) is 2. The molecule has 3 rings (SSSR count). The average Bonchev–Trinajstić information content (AvgIpc) is 2.75. The molecule has 1 aliphatic rings. The number of nitrogens with one attached hydrogen (secondary N) is 1. The molecule has 0 aliphatic carbocycles. The summed E-state index contributed by atoms with van der Waals surface area (Å²) in [5.41, 5.74) is 2.98. The van der Waals surface area contributed by atoms with Gasteiger partial charge in [-0.05, 0) is 48.9 Å². The van der Waals surface area contributed by atoms with Gasteiger partial charge in [0.15, 0.2) is 0 Å². The van der Waals surface area contributed by atoms with Crippen molar-refractivity contribution in [3.05, 3.63) is 54.1 Å². The van der Waals surface area contributed by atoms with Crippen molar-refractivity contribution in [1.82, 2.24) is 4.90 Å². The minimum absolute atomic E-state index is 0.0198. The van der Waals surface area contributed by atoms with Crippen molar-refractivity contribution in [2.75, 3.05) is 63.3 Å². The summed E-state index contributed by atoms with van der Waals surface area (Å²) >= 11 is 0. The number of nitrogens with zero attached hydrogens (tertiary/aromatic N) is 2. The van der Waals surface area contributed by atoms with E-state index in [1.165, 1.54) is 5.69 Å². The summed E-state index contributed by atoms with van der Waals surface area (Å²) < 4.78 is 10.6. The SMILES string of the molecule is CCOc1ccc(CC(=O)Nc2ccc(N3CCN(CCOC)CC3)cc2)cc1. The van der Waals surface area contributed by atoms with Crippen LogP contribution in [0.3, 0.4) is 0 Å². The Labute approximate surface area is 173 Å². The molecule has 0 atom stereocenters. The smallest absolute Gasteiger partial charge is 0.228 e. The molecule has 0 unspecified atom stereocenters. The number of rotatable bonds is 9. The molecule has 1 fully saturated rings. The van der Waals surface area contributed by atoms with Crippen LogP contribution in [0.2, 0.25) is 0 Å². The molecule has 1 aliphatic heterocycles. The first-order valence-corrected chi connectivity index (χ1v) is 10.3. The highest BCUT2D eigenvalue weighted by atomic mass is 16.5. The molecule has 6 nitrogen and oxygen atoms in total. The third-order valence-corrected chi connectivity index (χ3v) is 5.10. The Balaban J connectivity index is 1.47. The molecule has 2 aromatic carbocycles. The molecule has 1 saturated heterocycles. The zero-order chi connectivity index (χ0) is 20.5. The van der Waals surface area contributed by atoms with Gasteiger partial charge in [0.05, 0.1) is 19.6 Å². The number of carbonyl (C=O) groups is 1. The van der Waals surface area contributed by atoms with E-state index in [4.69, 9.17) is 9.47 Å². The Morgan fingerprint density at radius 1 is 1.00 bits per heavy atom. The van der Waals surface area contributed by atoms with E-state index in [9.17, 15) is 4.79 Å². The number of piperazine rings is 1. The summed E-state index contributed by atoms with van der Waals surface area (Å²) in [7, 11) is 1.74. The van der Waals surface area contributed by atoms with Crippen LogP contribution in [-0.2, 0) is 16.0 Å². The van der Waals surface area contributed by atoms with Crippen molar-refractivity contribution >= 4 is 17.3 Å². The van der Waals surface area contributed by atoms with Crippen LogP contribution in [0, 0.1) is 0 Å². The molecule has 0 saturated carbocycles. The summed E-state index contributed by atoms with van der Waals surface area (Å²) in [5.74, 6) is 0.806. The molecule has 2 aromatic rings. The quantitative estimate of drug-likeness (QED) is 0.705. The lowest BCUT2D eigenvalue weighted by Crippen LogP contribution is -2.47. The molecule has 29 heavy (non-hydrogen) atoms. The lowest BCUT2D eigenvalue weighted by molar-refractivity contribution is -0.115. The van der Waals surface area contributed by atoms with E-state index >= 15 is 0 Å². The highest BCUT2D eigenvalue weighted by Crippen LogP contribution is 2.20. The number of benzene rings is 2. The predicted molar refractivity (Wildman–Crippen MR) is 117 cm³/mol. The summed E-state index contributed by atoms with van der Waals surface area (Å²) in [4.78, 5) is 17.1. The standard InChI is InChI=1S/C23H31N3O3/c1-3-29-22-10-4-19(5-11-22)18-23(27)24-20-6-8-21(9-7-20)26-14-12-25(13-15-26)16-17-28-2/h4-11H,3,12-18H2,1-2H3,(H,24,27). The maximum absolute atomic E-state index is 12.3. The monoisotopic (exact) mass is 397 g/mol. The largest absolute Gasteiger partial charge is 0.494 e. The minimum atomic E-state index is -0.0198. The van der Waals surface area contributed by atoms with Crippen molar-refractivity contribution in [2.24, 2.45) is 0 Å². The van der Waals surface area contributed by atoms with E-state index in [1.54, 1.807) is 7.11 Å². The van der Waals surface area contributed by atoms with Crippen LogP contribution < -0.4 is 15.0 Å². The fraction of sp³-hybridized carbons (Fsp3) is 0.435. The van der Waals surface area contributed by atoms with Gasteiger partial charge in [-0.2, -0.15) is 0 Å². The number of carbonyl (C=O) groups excluding carboxylic acids is 1. The average molecular weight is 398 g/mol. The second-order valence-electron chi connectivity index (χ2n) is 7.17. The predicted octanol–water partition coefficient (Wildman–Crippen LogP) is 3.03. The van der Waals surface area contributed by atoms with Crippen molar-refractivity contribution in [1.29, 1.82) is 0 Å². The van der Waals surface area contributed by atoms with Gasteiger partial charge in [0, 0.05) is 51.2 Å². The van der Waals surface area contributed by atoms with E-state index in [1.807, 2.05) is 43.3 Å². The molecule has 1 heterocycles. The van der Waals surface area contributed by atoms with Crippen molar-refractivity contribution in [2.45, 2.75) is 13.3 Å². The van der Waals surface area contributed by atoms with Crippen LogP contribution in [0.25, 0.3) is 0 Å². The van der Waals surface area contributed by atoms with Gasteiger partial charge < -0.3 is 19.7 Å². The summed E-state index contributed by atoms with van der Waals surface area (Å²) in [6.07, 6.45) is 0.345. The topological polar surface area (TPSA) is 54.0 Å². The van der Waals surface area contributed by atoms with Crippen LogP contribution in [0.1, 0.15) is 12.5 Å². The fourth-order valence-corrected chi connectivity index (χ4v) is 3.47. The maximum Gasteiger partial charge on any atom is 0.228 e. The Morgan fingerprint density at radius 2 is 1.69 bits per heavy atom. The lowest BCUT2D eigenvalue weighted by Gasteiger charge is -2.36. The molecule has 0 spiro atoms. The maximum atomic E-state index is 12.3. The van der Waals surface area contributed by atoms with Gasteiger partial charge in [-0.3, -0.25) is 9.69 Å². The molecule has 0 bridgehead atoms. The van der Waals surface area contributed by atoms with E-state index < -0.39 is 0 Å². The van der Waals surface area contributed by atoms with Gasteiger partial charge in [-0.1, -0.05) is 12.1 Å². The molecule has 0 radical (unpaired) electrons. The van der Waals surface area contributed by atoms with Gasteiger partial charge in [-0.25, -0.2) is 0 Å². The van der Waals surface area contributed by atoms with E-state index in [0.717, 1.165) is 56.3 Å². The zero-order valence-corrected chi connectivity index (χ0v) is 17.4. The molecular formula is C23H31N3O3. The van der Waals surface area contributed by atoms with E-state index in [2.05, 4.69) is 27.2 Å². The van der Waals surface area contributed by atoms with Crippen molar-refractivity contribution in [3.8, 4) is 5.75 Å². The highest BCUT2D eigenvalue weighted by molar-refractivity contribution is 5.92. The minimum Gasteiger partial charge on any atom is -0.494 e. The van der Waals surface area contributed by atoms with Crippen LogP contribution in [0.5, 0.6) is 5.75 Å². The molecule has 1 N–H and O–H groups in total. The lowest BCUT2D eigenvalue weighted by atomic mass is 10.1. The third-order valence-electron chi connectivity index (χ3n) is 5.10.